The molecule has 0 spiro atoms. The number of fused-ring (bicyclic) bond motifs is 1. The summed E-state index contributed by atoms with van der Waals surface area (Å²) >= 11 is 0. The Morgan fingerprint density at radius 3 is 2.04 bits per heavy atom. The van der Waals surface area contributed by atoms with Crippen molar-refractivity contribution in [3.63, 3.8) is 0 Å². The van der Waals surface area contributed by atoms with E-state index in [1.165, 1.54) is 0 Å². The van der Waals surface area contributed by atoms with E-state index in [0.717, 1.165) is 16.8 Å². The molecule has 0 saturated carbocycles. The lowest BCUT2D eigenvalue weighted by Gasteiger charge is -2.33. The third kappa shape index (κ3) is 3.26. The van der Waals surface area contributed by atoms with Gasteiger partial charge < -0.3 is 23.8 Å². The summed E-state index contributed by atoms with van der Waals surface area (Å²) in [7, 11) is 6.31. The summed E-state index contributed by atoms with van der Waals surface area (Å²) in [5, 5.41) is 0. The molecule has 1 amide bonds. The lowest BCUT2D eigenvalue weighted by molar-refractivity contribution is 0.0826. The molecule has 0 bridgehead atoms. The molecular weight excluding hydrogens is 358 g/mol. The number of rotatable bonds is 5. The Balaban J connectivity index is 2.08. The highest BCUT2D eigenvalue weighted by atomic mass is 16.5. The number of nitrogens with zero attached hydrogens (tertiary/aromatic N) is 1. The van der Waals surface area contributed by atoms with Gasteiger partial charge in [-0.05, 0) is 43.2 Å². The first kappa shape index (κ1) is 19.6. The number of hydrogen-bond acceptors (Lipinski definition) is 5. The molecule has 148 valence electrons. The smallest absolute Gasteiger partial charge is 0.265 e. The van der Waals surface area contributed by atoms with Crippen molar-refractivity contribution in [2.75, 3.05) is 35.0 Å². The van der Waals surface area contributed by atoms with Gasteiger partial charge in [-0.3, -0.25) is 4.79 Å². The number of carbonyl (C=O) groups excluding carboxylic acids is 1. The average Bonchev–Trinajstić information content (AvgIpc) is 2.75. The summed E-state index contributed by atoms with van der Waals surface area (Å²) in [5.41, 5.74) is 3.30. The number of benzene rings is 2. The largest absolute Gasteiger partial charge is 0.496 e. The van der Waals surface area contributed by atoms with Gasteiger partial charge in [-0.15, -0.1) is 0 Å². The van der Waals surface area contributed by atoms with Gasteiger partial charge in [0.05, 0.1) is 28.4 Å². The van der Waals surface area contributed by atoms with Crippen LogP contribution in [0.4, 0.5) is 0 Å². The first-order valence-corrected chi connectivity index (χ1v) is 9.04. The fourth-order valence-electron chi connectivity index (χ4n) is 3.58. The lowest BCUT2D eigenvalue weighted by Crippen LogP contribution is -2.35. The van der Waals surface area contributed by atoms with Gasteiger partial charge in [-0.25, -0.2) is 0 Å². The number of methoxy groups -OCH3 is 4. The summed E-state index contributed by atoms with van der Waals surface area (Å²) in [5.74, 6) is 2.12. The normalized spacial score (nSPS) is 14.5. The summed E-state index contributed by atoms with van der Waals surface area (Å²) in [6, 6.07) is 9.22. The summed E-state index contributed by atoms with van der Waals surface area (Å²) < 4.78 is 21.7. The van der Waals surface area contributed by atoms with E-state index in [1.807, 2.05) is 25.1 Å². The molecule has 6 nitrogen and oxygen atoms in total. The van der Waals surface area contributed by atoms with E-state index in [1.54, 1.807) is 51.5 Å². The van der Waals surface area contributed by atoms with E-state index in [0.29, 0.717) is 41.5 Å². The predicted molar refractivity (Wildman–Crippen MR) is 107 cm³/mol. The Labute approximate surface area is 165 Å². The van der Waals surface area contributed by atoms with Crippen LogP contribution in [0.25, 0.3) is 5.70 Å². The van der Waals surface area contributed by atoms with Crippen LogP contribution >= 0.6 is 0 Å². The van der Waals surface area contributed by atoms with Crippen LogP contribution in [0, 0.1) is 0 Å². The number of amides is 1. The first-order valence-electron chi connectivity index (χ1n) is 9.04. The van der Waals surface area contributed by atoms with Gasteiger partial charge in [0.2, 0.25) is 0 Å². The number of hydrogen-bond donors (Lipinski definition) is 0. The van der Waals surface area contributed by atoms with Crippen LogP contribution in [0.3, 0.4) is 0 Å². The zero-order chi connectivity index (χ0) is 20.3. The second-order valence-electron chi connectivity index (χ2n) is 6.28. The van der Waals surface area contributed by atoms with Gasteiger partial charge in [-0.2, -0.15) is 0 Å². The van der Waals surface area contributed by atoms with Crippen molar-refractivity contribution in [1.82, 2.24) is 4.90 Å². The molecule has 0 aromatic heterocycles. The van der Waals surface area contributed by atoms with Crippen molar-refractivity contribution in [3.8, 4) is 23.0 Å². The maximum absolute atomic E-state index is 13.5. The topological polar surface area (TPSA) is 57.2 Å². The van der Waals surface area contributed by atoms with Crippen molar-refractivity contribution < 1.29 is 23.7 Å². The van der Waals surface area contributed by atoms with Crippen LogP contribution in [0.15, 0.2) is 36.4 Å². The highest BCUT2D eigenvalue weighted by molar-refractivity contribution is 6.04. The zero-order valence-corrected chi connectivity index (χ0v) is 16.9. The van der Waals surface area contributed by atoms with E-state index in [2.05, 4.69) is 0 Å². The molecule has 2 aromatic rings. The van der Waals surface area contributed by atoms with Gasteiger partial charge in [0, 0.05) is 17.8 Å². The lowest BCUT2D eigenvalue weighted by atomic mass is 9.94. The molecule has 1 aliphatic rings. The van der Waals surface area contributed by atoms with Crippen LogP contribution in [-0.4, -0.2) is 45.8 Å². The quantitative estimate of drug-likeness (QED) is 0.786. The maximum Gasteiger partial charge on any atom is 0.265 e. The Hall–Kier alpha value is -3.15. The highest BCUT2D eigenvalue weighted by Crippen LogP contribution is 2.39. The van der Waals surface area contributed by atoms with Crippen LogP contribution in [0.2, 0.25) is 0 Å². The molecule has 1 heterocycles. The van der Waals surface area contributed by atoms with E-state index >= 15 is 0 Å². The van der Waals surface area contributed by atoms with E-state index in [9.17, 15) is 4.79 Å². The molecule has 0 radical (unpaired) electrons. The minimum Gasteiger partial charge on any atom is -0.496 e. The SMILES string of the molecule is C/C=C1\c2cc(OC)c(OC)cc2CCN1C(=O)c1c(OC)cccc1OC. The first-order chi connectivity index (χ1) is 13.6. The second-order valence-corrected chi connectivity index (χ2v) is 6.28. The van der Waals surface area contributed by atoms with E-state index in [4.69, 9.17) is 18.9 Å². The molecule has 0 unspecified atom stereocenters. The van der Waals surface area contributed by atoms with Crippen molar-refractivity contribution in [3.05, 3.63) is 53.1 Å². The molecule has 0 atom stereocenters. The molecule has 2 aromatic carbocycles. The minimum absolute atomic E-state index is 0.164. The summed E-state index contributed by atoms with van der Waals surface area (Å²) in [6.45, 7) is 2.46. The summed E-state index contributed by atoms with van der Waals surface area (Å²) in [4.78, 5) is 15.2. The second kappa shape index (κ2) is 8.25. The standard InChI is InChI=1S/C22H25NO5/c1-6-16-15-13-20(28-5)19(27-4)12-14(15)10-11-23(16)22(24)21-17(25-2)8-7-9-18(21)26-3/h6-9,12-13H,10-11H2,1-5H3/b16-6+. The monoisotopic (exact) mass is 383 g/mol. The molecular formula is C22H25NO5. The maximum atomic E-state index is 13.5. The van der Waals surface area contributed by atoms with Gasteiger partial charge in [0.25, 0.3) is 5.91 Å². The fraction of sp³-hybridized carbons (Fsp3) is 0.318. The number of allylic oxidation sites excluding steroid dienone is 1. The molecule has 0 N–H and O–H groups in total. The van der Waals surface area contributed by atoms with Crippen LogP contribution in [-0.2, 0) is 6.42 Å². The third-order valence-electron chi connectivity index (χ3n) is 4.94. The Bertz CT molecular complexity index is 897. The van der Waals surface area contributed by atoms with Crippen LogP contribution in [0.5, 0.6) is 23.0 Å². The molecule has 0 fully saturated rings. The molecule has 0 saturated heterocycles. The van der Waals surface area contributed by atoms with Crippen molar-refractivity contribution >= 4 is 11.6 Å². The zero-order valence-electron chi connectivity index (χ0n) is 16.9. The fourth-order valence-corrected chi connectivity index (χ4v) is 3.58. The molecule has 0 aliphatic carbocycles. The van der Waals surface area contributed by atoms with Gasteiger partial charge in [0.15, 0.2) is 11.5 Å². The Morgan fingerprint density at radius 2 is 1.50 bits per heavy atom. The molecule has 3 rings (SSSR count). The summed E-state index contributed by atoms with van der Waals surface area (Å²) in [6.07, 6.45) is 2.64. The van der Waals surface area contributed by atoms with E-state index in [-0.39, 0.29) is 5.91 Å². The Morgan fingerprint density at radius 1 is 0.929 bits per heavy atom. The molecule has 6 heteroatoms. The number of carbonyl (C=O) groups is 1. The van der Waals surface area contributed by atoms with Crippen LogP contribution < -0.4 is 18.9 Å². The average molecular weight is 383 g/mol. The Kier molecular flexibility index (Phi) is 5.78. The van der Waals surface area contributed by atoms with E-state index < -0.39 is 0 Å². The van der Waals surface area contributed by atoms with Gasteiger partial charge in [-0.1, -0.05) is 12.1 Å². The van der Waals surface area contributed by atoms with Crippen LogP contribution in [0.1, 0.15) is 28.4 Å². The van der Waals surface area contributed by atoms with Gasteiger partial charge >= 0.3 is 0 Å². The van der Waals surface area contributed by atoms with Crippen molar-refractivity contribution in [2.45, 2.75) is 13.3 Å². The minimum atomic E-state index is -0.164. The third-order valence-corrected chi connectivity index (χ3v) is 4.94. The van der Waals surface area contributed by atoms with Crippen molar-refractivity contribution in [2.24, 2.45) is 0 Å². The molecule has 28 heavy (non-hydrogen) atoms. The number of ether oxygens (including phenoxy) is 4. The van der Waals surface area contributed by atoms with Gasteiger partial charge in [0.1, 0.15) is 17.1 Å². The van der Waals surface area contributed by atoms with Crippen molar-refractivity contribution in [1.29, 1.82) is 0 Å². The highest BCUT2D eigenvalue weighted by Gasteiger charge is 2.31. The predicted octanol–water partition coefficient (Wildman–Crippen LogP) is 3.78. The molecule has 1 aliphatic heterocycles.